The van der Waals surface area contributed by atoms with Gasteiger partial charge in [0.15, 0.2) is 5.03 Å². The van der Waals surface area contributed by atoms with Crippen molar-refractivity contribution in [2.45, 2.75) is 64.1 Å². The van der Waals surface area contributed by atoms with Gasteiger partial charge in [0.2, 0.25) is 0 Å². The number of hydrogen-bond acceptors (Lipinski definition) is 4. The number of sulfonamides is 1. The van der Waals surface area contributed by atoms with E-state index in [0.29, 0.717) is 11.3 Å². The molecule has 0 aromatic carbocycles. The first-order valence-electron chi connectivity index (χ1n) is 7.04. The molecule has 0 spiro atoms. The van der Waals surface area contributed by atoms with E-state index < -0.39 is 10.0 Å². The van der Waals surface area contributed by atoms with E-state index in [1.807, 2.05) is 0 Å². The molecule has 6 nitrogen and oxygen atoms in total. The molecule has 0 bridgehead atoms. The minimum atomic E-state index is -3.63. The first-order chi connectivity index (χ1) is 9.28. The van der Waals surface area contributed by atoms with Crippen LogP contribution in [0.4, 0.5) is 0 Å². The Labute approximate surface area is 120 Å². The van der Waals surface area contributed by atoms with Gasteiger partial charge in [-0.3, -0.25) is 5.10 Å². The Kier molecular flexibility index (Phi) is 4.22. The summed E-state index contributed by atoms with van der Waals surface area (Å²) in [6.07, 6.45) is 4.11. The van der Waals surface area contributed by atoms with Crippen molar-refractivity contribution in [2.75, 3.05) is 0 Å². The van der Waals surface area contributed by atoms with E-state index >= 15 is 0 Å². The second-order valence-corrected chi connectivity index (χ2v) is 7.87. The van der Waals surface area contributed by atoms with Crippen LogP contribution in [0.2, 0.25) is 0 Å². The summed E-state index contributed by atoms with van der Waals surface area (Å²) < 4.78 is 27.9. The van der Waals surface area contributed by atoms with Crippen LogP contribution < -0.4 is 10.5 Å². The van der Waals surface area contributed by atoms with E-state index in [2.05, 4.69) is 28.8 Å². The van der Waals surface area contributed by atoms with Crippen LogP contribution in [0.1, 0.15) is 50.8 Å². The number of nitrogens with one attached hydrogen (secondary N) is 2. The van der Waals surface area contributed by atoms with Crippen LogP contribution in [-0.4, -0.2) is 24.7 Å². The van der Waals surface area contributed by atoms with Gasteiger partial charge in [0.1, 0.15) is 0 Å². The van der Waals surface area contributed by atoms with Crippen LogP contribution in [0, 0.1) is 12.3 Å². The molecule has 1 heterocycles. The lowest BCUT2D eigenvalue weighted by Crippen LogP contribution is -2.47. The predicted octanol–water partition coefficient (Wildman–Crippen LogP) is 1.42. The minimum absolute atomic E-state index is 0.0282. The van der Waals surface area contributed by atoms with Crippen LogP contribution in [0.15, 0.2) is 5.03 Å². The summed E-state index contributed by atoms with van der Waals surface area (Å²) in [5.41, 5.74) is 6.86. The van der Waals surface area contributed by atoms with Crippen molar-refractivity contribution in [3.05, 3.63) is 11.3 Å². The third-order valence-corrected chi connectivity index (χ3v) is 5.74. The summed E-state index contributed by atoms with van der Waals surface area (Å²) in [5, 5.41) is 6.66. The molecule has 4 N–H and O–H groups in total. The number of aromatic amines is 1. The zero-order chi connectivity index (χ0) is 15.0. The lowest BCUT2D eigenvalue weighted by atomic mass is 9.74. The van der Waals surface area contributed by atoms with Crippen LogP contribution in [0.25, 0.3) is 0 Å². The van der Waals surface area contributed by atoms with Crippen molar-refractivity contribution < 1.29 is 8.42 Å². The van der Waals surface area contributed by atoms with Crippen molar-refractivity contribution >= 4 is 10.0 Å². The maximum absolute atomic E-state index is 12.5. The van der Waals surface area contributed by atoms with E-state index in [-0.39, 0.29) is 23.0 Å². The molecule has 114 valence electrons. The molecule has 1 aromatic rings. The van der Waals surface area contributed by atoms with E-state index in [9.17, 15) is 8.42 Å². The summed E-state index contributed by atoms with van der Waals surface area (Å²) in [6, 6.07) is -0.0520. The number of hydrogen-bond donors (Lipinski definition) is 3. The Morgan fingerprint density at radius 2 is 2.15 bits per heavy atom. The lowest BCUT2D eigenvalue weighted by Gasteiger charge is -2.38. The highest BCUT2D eigenvalue weighted by Gasteiger charge is 2.36. The van der Waals surface area contributed by atoms with Crippen molar-refractivity contribution in [1.29, 1.82) is 0 Å². The van der Waals surface area contributed by atoms with Gasteiger partial charge in [0.25, 0.3) is 10.0 Å². The molecule has 1 fully saturated rings. The molecule has 0 amide bonds. The molecule has 0 saturated heterocycles. The molecule has 0 radical (unpaired) electrons. The van der Waals surface area contributed by atoms with Crippen molar-refractivity contribution in [2.24, 2.45) is 11.1 Å². The van der Waals surface area contributed by atoms with Crippen LogP contribution in [0.5, 0.6) is 0 Å². The van der Waals surface area contributed by atoms with Crippen molar-refractivity contribution in [3.63, 3.8) is 0 Å². The molecule has 2 rings (SSSR count). The summed E-state index contributed by atoms with van der Waals surface area (Å²) in [4.78, 5) is 0. The van der Waals surface area contributed by atoms with Gasteiger partial charge in [-0.2, -0.15) is 5.10 Å². The molecule has 0 aliphatic heterocycles. The van der Waals surface area contributed by atoms with Crippen LogP contribution >= 0.6 is 0 Å². The maximum atomic E-state index is 12.5. The van der Waals surface area contributed by atoms with Crippen molar-refractivity contribution in [1.82, 2.24) is 14.9 Å². The Balaban J connectivity index is 2.27. The Morgan fingerprint density at radius 1 is 1.45 bits per heavy atom. The fourth-order valence-corrected chi connectivity index (χ4v) is 4.50. The molecule has 1 saturated carbocycles. The van der Waals surface area contributed by atoms with E-state index in [4.69, 9.17) is 5.73 Å². The summed E-state index contributed by atoms with van der Waals surface area (Å²) in [7, 11) is -3.63. The normalized spacial score (nSPS) is 22.9. The standard InChI is InChI=1S/C13H24N4O2S/c1-9-10(8-14)12(16-15-9)20(18,19)17-11-6-4-5-7-13(11,2)3/h11,17H,4-8,14H2,1-3H3,(H,15,16). The van der Waals surface area contributed by atoms with Gasteiger partial charge >= 0.3 is 0 Å². The third kappa shape index (κ3) is 2.89. The molecule has 1 aliphatic carbocycles. The lowest BCUT2D eigenvalue weighted by molar-refractivity contribution is 0.188. The highest BCUT2D eigenvalue weighted by molar-refractivity contribution is 7.89. The Hall–Kier alpha value is -0.920. The van der Waals surface area contributed by atoms with Gasteiger partial charge in [0, 0.05) is 23.8 Å². The molecule has 1 aromatic heterocycles. The van der Waals surface area contributed by atoms with E-state index in [1.165, 1.54) is 0 Å². The average molecular weight is 300 g/mol. The van der Waals surface area contributed by atoms with Gasteiger partial charge in [-0.15, -0.1) is 0 Å². The molecule has 1 unspecified atom stereocenters. The quantitative estimate of drug-likeness (QED) is 0.783. The van der Waals surface area contributed by atoms with Gasteiger partial charge in [-0.1, -0.05) is 26.7 Å². The third-order valence-electron chi connectivity index (χ3n) is 4.30. The molecule has 20 heavy (non-hydrogen) atoms. The van der Waals surface area contributed by atoms with Gasteiger partial charge in [0.05, 0.1) is 0 Å². The zero-order valence-electron chi connectivity index (χ0n) is 12.4. The number of aromatic nitrogens is 2. The largest absolute Gasteiger partial charge is 0.326 e. The minimum Gasteiger partial charge on any atom is -0.326 e. The van der Waals surface area contributed by atoms with Gasteiger partial charge < -0.3 is 5.73 Å². The number of aryl methyl sites for hydroxylation is 1. The molecule has 1 aliphatic rings. The maximum Gasteiger partial charge on any atom is 0.260 e. The molecule has 1 atom stereocenters. The van der Waals surface area contributed by atoms with Gasteiger partial charge in [-0.05, 0) is 25.2 Å². The fourth-order valence-electron chi connectivity index (χ4n) is 2.85. The topological polar surface area (TPSA) is 101 Å². The van der Waals surface area contributed by atoms with E-state index in [1.54, 1.807) is 6.92 Å². The predicted molar refractivity (Wildman–Crippen MR) is 77.6 cm³/mol. The SMILES string of the molecule is Cc1[nH]nc(S(=O)(=O)NC2CCCCC2(C)C)c1CN. The van der Waals surface area contributed by atoms with Crippen LogP contribution in [-0.2, 0) is 16.6 Å². The smallest absolute Gasteiger partial charge is 0.260 e. The zero-order valence-corrected chi connectivity index (χ0v) is 13.2. The second kappa shape index (κ2) is 5.46. The highest BCUT2D eigenvalue weighted by atomic mass is 32.2. The fraction of sp³-hybridized carbons (Fsp3) is 0.769. The van der Waals surface area contributed by atoms with Crippen LogP contribution in [0.3, 0.4) is 0 Å². The Bertz CT molecular complexity index is 577. The number of H-pyrrole nitrogens is 1. The number of nitrogens with zero attached hydrogens (tertiary/aromatic N) is 1. The summed E-state index contributed by atoms with van der Waals surface area (Å²) in [5.74, 6) is 0. The number of rotatable bonds is 4. The average Bonchev–Trinajstić information content (AvgIpc) is 2.73. The monoisotopic (exact) mass is 300 g/mol. The highest BCUT2D eigenvalue weighted by Crippen LogP contribution is 2.36. The Morgan fingerprint density at radius 3 is 2.75 bits per heavy atom. The van der Waals surface area contributed by atoms with Crippen molar-refractivity contribution in [3.8, 4) is 0 Å². The van der Waals surface area contributed by atoms with E-state index in [0.717, 1.165) is 25.7 Å². The number of nitrogens with two attached hydrogens (primary N) is 1. The molecular weight excluding hydrogens is 276 g/mol. The second-order valence-electron chi connectivity index (χ2n) is 6.24. The first-order valence-corrected chi connectivity index (χ1v) is 8.52. The first kappa shape index (κ1) is 15.5. The molecule has 7 heteroatoms. The summed E-state index contributed by atoms with van der Waals surface area (Å²) >= 11 is 0. The summed E-state index contributed by atoms with van der Waals surface area (Å²) in [6.45, 7) is 6.16. The molecular formula is C13H24N4O2S. The van der Waals surface area contributed by atoms with Gasteiger partial charge in [-0.25, -0.2) is 13.1 Å².